The Morgan fingerprint density at radius 1 is 1.26 bits per heavy atom. The van der Waals surface area contributed by atoms with Gasteiger partial charge in [0, 0.05) is 36.2 Å². The second-order valence-electron chi connectivity index (χ2n) is 6.77. The monoisotopic (exact) mass is 389 g/mol. The first-order chi connectivity index (χ1) is 13.0. The van der Waals surface area contributed by atoms with E-state index in [4.69, 9.17) is 27.2 Å². The number of anilines is 1. The third-order valence-corrected chi connectivity index (χ3v) is 4.56. The molecule has 0 radical (unpaired) electrons. The van der Waals surface area contributed by atoms with E-state index in [0.29, 0.717) is 17.4 Å². The van der Waals surface area contributed by atoms with Gasteiger partial charge in [0.2, 0.25) is 0 Å². The Balaban J connectivity index is 0.000000253. The van der Waals surface area contributed by atoms with E-state index in [1.54, 1.807) is 24.7 Å². The maximum Gasteiger partial charge on any atom is 0.124 e. The molecule has 144 valence electrons. The van der Waals surface area contributed by atoms with Crippen molar-refractivity contribution >= 4 is 28.5 Å². The van der Waals surface area contributed by atoms with Gasteiger partial charge in [-0.2, -0.15) is 5.10 Å². The van der Waals surface area contributed by atoms with Gasteiger partial charge in [0.25, 0.3) is 0 Å². The van der Waals surface area contributed by atoms with E-state index in [2.05, 4.69) is 28.9 Å². The Bertz CT molecular complexity index is 906. The third kappa shape index (κ3) is 4.74. The van der Waals surface area contributed by atoms with Crippen LogP contribution < -0.4 is 5.73 Å². The number of hydrogen-bond acceptors (Lipinski definition) is 6. The topological polar surface area (TPSA) is 99.1 Å². The maximum atomic E-state index is 8.78. The fraction of sp³-hybridized carbons (Fsp3) is 0.421. The second kappa shape index (κ2) is 8.65. The molecule has 4 heterocycles. The summed E-state index contributed by atoms with van der Waals surface area (Å²) in [5, 5.41) is 13.7. The average molecular weight is 390 g/mol. The quantitative estimate of drug-likeness (QED) is 0.696. The summed E-state index contributed by atoms with van der Waals surface area (Å²) in [6.07, 6.45) is 6.84. The molecule has 0 spiro atoms. The first kappa shape index (κ1) is 19.5. The Hall–Kier alpha value is -2.22. The zero-order chi connectivity index (χ0) is 19.4. The van der Waals surface area contributed by atoms with E-state index >= 15 is 0 Å². The van der Waals surface area contributed by atoms with Gasteiger partial charge in [-0.25, -0.2) is 4.98 Å². The lowest BCUT2D eigenvalue weighted by molar-refractivity contribution is -0.00535. The van der Waals surface area contributed by atoms with Crippen LogP contribution in [0.3, 0.4) is 0 Å². The highest BCUT2D eigenvalue weighted by atomic mass is 35.5. The summed E-state index contributed by atoms with van der Waals surface area (Å²) >= 11 is 6.19. The van der Waals surface area contributed by atoms with Crippen molar-refractivity contribution in [3.8, 4) is 11.1 Å². The molecule has 0 aliphatic carbocycles. The summed E-state index contributed by atoms with van der Waals surface area (Å²) < 4.78 is 6.87. The van der Waals surface area contributed by atoms with Crippen molar-refractivity contribution in [1.29, 1.82) is 0 Å². The average Bonchev–Trinajstić information content (AvgIpc) is 3.08. The van der Waals surface area contributed by atoms with Crippen LogP contribution in [0, 0.1) is 0 Å². The fourth-order valence-electron chi connectivity index (χ4n) is 2.88. The molecule has 1 atom stereocenters. The van der Waals surface area contributed by atoms with Crippen molar-refractivity contribution < 1.29 is 9.84 Å². The van der Waals surface area contributed by atoms with Crippen LogP contribution in [0.5, 0.6) is 0 Å². The smallest absolute Gasteiger partial charge is 0.124 e. The number of aliphatic hydroxyl groups is 1. The molecule has 4 rings (SSSR count). The number of nitrogens with zero attached hydrogens (tertiary/aromatic N) is 4. The minimum Gasteiger partial charge on any atom is -0.391 e. The van der Waals surface area contributed by atoms with Crippen LogP contribution in [0.4, 0.5) is 5.82 Å². The zero-order valence-corrected chi connectivity index (χ0v) is 16.2. The van der Waals surface area contributed by atoms with E-state index in [0.717, 1.165) is 41.6 Å². The summed E-state index contributed by atoms with van der Waals surface area (Å²) in [7, 11) is 0. The first-order valence-corrected chi connectivity index (χ1v) is 9.34. The molecule has 1 aliphatic rings. The van der Waals surface area contributed by atoms with Crippen LogP contribution in [-0.4, -0.2) is 44.2 Å². The van der Waals surface area contributed by atoms with Gasteiger partial charge in [-0.05, 0) is 38.8 Å². The number of rotatable bonds is 2. The number of nitrogen functional groups attached to an aromatic ring is 1. The van der Waals surface area contributed by atoms with Crippen molar-refractivity contribution in [2.45, 2.75) is 38.8 Å². The number of aliphatic hydroxyl groups excluding tert-OH is 1. The van der Waals surface area contributed by atoms with Crippen LogP contribution in [0.15, 0.2) is 30.7 Å². The van der Waals surface area contributed by atoms with Gasteiger partial charge in [-0.1, -0.05) is 11.6 Å². The van der Waals surface area contributed by atoms with E-state index in [1.807, 2.05) is 10.7 Å². The number of aromatic nitrogens is 4. The second-order valence-corrected chi connectivity index (χ2v) is 7.18. The van der Waals surface area contributed by atoms with Crippen molar-refractivity contribution in [3.63, 3.8) is 0 Å². The van der Waals surface area contributed by atoms with Crippen LogP contribution >= 0.6 is 11.6 Å². The van der Waals surface area contributed by atoms with Gasteiger partial charge in [-0.3, -0.25) is 9.67 Å². The fourth-order valence-corrected chi connectivity index (χ4v) is 3.10. The molecular formula is C19H24ClN5O2. The SMILES string of the molecule is CC(C)n1ncc2ncc(-c3cc(N)ncc3Cl)cc21.OC1CCCOC1. The molecule has 1 unspecified atom stereocenters. The summed E-state index contributed by atoms with van der Waals surface area (Å²) in [4.78, 5) is 8.40. The number of ether oxygens (including phenoxy) is 1. The van der Waals surface area contributed by atoms with E-state index in [9.17, 15) is 0 Å². The Morgan fingerprint density at radius 3 is 2.70 bits per heavy atom. The van der Waals surface area contributed by atoms with Crippen LogP contribution in [0.2, 0.25) is 5.02 Å². The predicted octanol–water partition coefficient (Wildman–Crippen LogP) is 3.47. The molecule has 0 aromatic carbocycles. The Kier molecular flexibility index (Phi) is 6.26. The normalized spacial score (nSPS) is 17.0. The lowest BCUT2D eigenvalue weighted by atomic mass is 10.1. The Labute approximate surface area is 163 Å². The van der Waals surface area contributed by atoms with E-state index < -0.39 is 0 Å². The van der Waals surface area contributed by atoms with Gasteiger partial charge in [0.15, 0.2) is 0 Å². The highest BCUT2D eigenvalue weighted by molar-refractivity contribution is 6.33. The number of pyridine rings is 2. The van der Waals surface area contributed by atoms with Gasteiger partial charge < -0.3 is 15.6 Å². The van der Waals surface area contributed by atoms with Gasteiger partial charge >= 0.3 is 0 Å². The standard InChI is InChI=1S/C14H14ClN5.C5H10O2/c1-8(2)20-13-3-9(5-17-12(13)7-19-20)10-4-14(16)18-6-11(10)15;6-5-2-1-3-7-4-5/h3-8H,1-2H3,(H2,16,18);5-6H,1-4H2. The lowest BCUT2D eigenvalue weighted by Crippen LogP contribution is -2.21. The number of hydrogen-bond donors (Lipinski definition) is 2. The highest BCUT2D eigenvalue weighted by Crippen LogP contribution is 2.30. The largest absolute Gasteiger partial charge is 0.391 e. The Morgan fingerprint density at radius 2 is 2.07 bits per heavy atom. The summed E-state index contributed by atoms with van der Waals surface area (Å²) in [5.74, 6) is 0.432. The van der Waals surface area contributed by atoms with Crippen molar-refractivity contribution in [3.05, 3.63) is 35.7 Å². The van der Waals surface area contributed by atoms with Crippen LogP contribution in [0.1, 0.15) is 32.7 Å². The number of nitrogens with two attached hydrogens (primary N) is 1. The lowest BCUT2D eigenvalue weighted by Gasteiger charge is -2.15. The van der Waals surface area contributed by atoms with Gasteiger partial charge in [-0.15, -0.1) is 0 Å². The maximum absolute atomic E-state index is 8.78. The minimum atomic E-state index is -0.186. The molecule has 0 bridgehead atoms. The van der Waals surface area contributed by atoms with Crippen molar-refractivity contribution in [2.75, 3.05) is 18.9 Å². The molecule has 27 heavy (non-hydrogen) atoms. The van der Waals surface area contributed by atoms with Crippen LogP contribution in [0.25, 0.3) is 22.2 Å². The summed E-state index contributed by atoms with van der Waals surface area (Å²) in [6.45, 7) is 5.53. The summed E-state index contributed by atoms with van der Waals surface area (Å²) in [5.41, 5.74) is 9.29. The molecule has 7 nitrogen and oxygen atoms in total. The van der Waals surface area contributed by atoms with E-state index in [-0.39, 0.29) is 12.1 Å². The van der Waals surface area contributed by atoms with Gasteiger partial charge in [0.1, 0.15) is 11.3 Å². The zero-order valence-electron chi connectivity index (χ0n) is 15.5. The molecule has 3 N–H and O–H groups in total. The molecule has 3 aromatic heterocycles. The molecule has 1 aliphatic heterocycles. The number of halogens is 1. The van der Waals surface area contributed by atoms with Crippen molar-refractivity contribution in [2.24, 2.45) is 0 Å². The van der Waals surface area contributed by atoms with E-state index in [1.165, 1.54) is 0 Å². The molecule has 3 aromatic rings. The van der Waals surface area contributed by atoms with Crippen molar-refractivity contribution in [1.82, 2.24) is 19.7 Å². The predicted molar refractivity (Wildman–Crippen MR) is 107 cm³/mol. The highest BCUT2D eigenvalue weighted by Gasteiger charge is 2.11. The van der Waals surface area contributed by atoms with Gasteiger partial charge in [0.05, 0.1) is 29.4 Å². The van der Waals surface area contributed by atoms with Crippen LogP contribution in [-0.2, 0) is 4.74 Å². The molecule has 0 saturated carbocycles. The summed E-state index contributed by atoms with van der Waals surface area (Å²) in [6, 6.07) is 4.04. The molecule has 1 saturated heterocycles. The number of fused-ring (bicyclic) bond motifs is 1. The molecule has 1 fully saturated rings. The minimum absolute atomic E-state index is 0.186. The molecular weight excluding hydrogens is 366 g/mol. The third-order valence-electron chi connectivity index (χ3n) is 4.26. The molecule has 8 heteroatoms. The first-order valence-electron chi connectivity index (χ1n) is 8.96. The molecule has 0 amide bonds.